The molecule has 0 aliphatic rings. The molecular weight excluding hydrogens is 327 g/mol. The third-order valence-electron chi connectivity index (χ3n) is 3.10. The molecule has 4 nitrogen and oxygen atoms in total. The van der Waals surface area contributed by atoms with Gasteiger partial charge >= 0.3 is 0 Å². The van der Waals surface area contributed by atoms with Crippen molar-refractivity contribution >= 4 is 34.2 Å². The number of fused-ring (bicyclic) bond motifs is 1. The monoisotopic (exact) mass is 336 g/mol. The van der Waals surface area contributed by atoms with E-state index < -0.39 is 0 Å². The Morgan fingerprint density at radius 3 is 2.64 bits per heavy atom. The van der Waals surface area contributed by atoms with E-state index in [0.717, 1.165) is 0 Å². The van der Waals surface area contributed by atoms with Gasteiger partial charge in [0.1, 0.15) is 22.8 Å². The normalized spacial score (nSPS) is 10.9. The molecule has 0 aliphatic heterocycles. The molecule has 0 saturated carbocycles. The summed E-state index contributed by atoms with van der Waals surface area (Å²) in [5.41, 5.74) is -0.0539. The summed E-state index contributed by atoms with van der Waals surface area (Å²) in [5, 5.41) is 10.5. The first-order valence-corrected chi connectivity index (χ1v) is 7.10. The maximum absolute atomic E-state index is 12.5. The van der Waals surface area contributed by atoms with E-state index in [1.807, 2.05) is 0 Å². The average Bonchev–Trinajstić information content (AvgIpc) is 2.45. The number of hydrogen-bond acceptors (Lipinski definition) is 4. The number of halogens is 2. The fourth-order valence-corrected chi connectivity index (χ4v) is 2.51. The van der Waals surface area contributed by atoms with Gasteiger partial charge in [-0.3, -0.25) is 4.79 Å². The Labute approximate surface area is 135 Å². The molecule has 0 bridgehead atoms. The molecule has 0 atom stereocenters. The topological polar surface area (TPSA) is 59.7 Å². The Hall–Kier alpha value is -2.17. The number of aryl methyl sites for hydroxylation is 1. The van der Waals surface area contributed by atoms with Crippen LogP contribution in [0, 0.1) is 6.92 Å². The SMILES string of the molecule is Cc1oc2cc(O)ccc2c(=O)c1Oc1ccc(Cl)cc1Cl. The van der Waals surface area contributed by atoms with Gasteiger partial charge in [0.25, 0.3) is 0 Å². The Bertz CT molecular complexity index is 931. The van der Waals surface area contributed by atoms with E-state index in [2.05, 4.69) is 0 Å². The lowest BCUT2D eigenvalue weighted by atomic mass is 10.2. The zero-order valence-corrected chi connectivity index (χ0v) is 12.9. The first-order valence-electron chi connectivity index (χ1n) is 6.35. The molecule has 6 heteroatoms. The third kappa shape index (κ3) is 2.63. The number of rotatable bonds is 2. The lowest BCUT2D eigenvalue weighted by Crippen LogP contribution is -2.07. The number of hydrogen-bond donors (Lipinski definition) is 1. The van der Waals surface area contributed by atoms with E-state index in [9.17, 15) is 9.90 Å². The summed E-state index contributed by atoms with van der Waals surface area (Å²) in [4.78, 5) is 12.5. The number of benzene rings is 2. The zero-order chi connectivity index (χ0) is 15.9. The highest BCUT2D eigenvalue weighted by Gasteiger charge is 2.15. The van der Waals surface area contributed by atoms with Crippen LogP contribution >= 0.6 is 23.2 Å². The molecule has 0 saturated heterocycles. The van der Waals surface area contributed by atoms with Crippen molar-refractivity contribution in [3.05, 3.63) is 62.4 Å². The Kier molecular flexibility index (Phi) is 3.72. The molecule has 3 aromatic rings. The molecule has 0 radical (unpaired) electrons. The molecule has 1 N–H and O–H groups in total. The van der Waals surface area contributed by atoms with Gasteiger partial charge in [-0.25, -0.2) is 0 Å². The van der Waals surface area contributed by atoms with Crippen molar-refractivity contribution in [2.24, 2.45) is 0 Å². The van der Waals surface area contributed by atoms with E-state index in [0.29, 0.717) is 16.2 Å². The van der Waals surface area contributed by atoms with Crippen LogP contribution in [0.5, 0.6) is 17.2 Å². The quantitative estimate of drug-likeness (QED) is 0.722. The molecule has 2 aromatic carbocycles. The molecule has 0 aliphatic carbocycles. The lowest BCUT2D eigenvalue weighted by molar-refractivity contribution is 0.435. The van der Waals surface area contributed by atoms with Crippen molar-refractivity contribution < 1.29 is 14.3 Å². The third-order valence-corrected chi connectivity index (χ3v) is 3.64. The van der Waals surface area contributed by atoms with E-state index in [1.165, 1.54) is 24.3 Å². The van der Waals surface area contributed by atoms with Crippen molar-refractivity contribution in [1.29, 1.82) is 0 Å². The van der Waals surface area contributed by atoms with E-state index in [1.54, 1.807) is 19.1 Å². The number of phenols is 1. The van der Waals surface area contributed by atoms with Crippen LogP contribution in [0.1, 0.15) is 5.76 Å². The van der Waals surface area contributed by atoms with Gasteiger partial charge in [0.15, 0.2) is 0 Å². The van der Waals surface area contributed by atoms with Crippen LogP contribution in [0.4, 0.5) is 0 Å². The van der Waals surface area contributed by atoms with E-state index >= 15 is 0 Å². The smallest absolute Gasteiger partial charge is 0.235 e. The summed E-state index contributed by atoms with van der Waals surface area (Å²) in [6, 6.07) is 8.97. The Morgan fingerprint density at radius 1 is 1.14 bits per heavy atom. The fraction of sp³-hybridized carbons (Fsp3) is 0.0625. The van der Waals surface area contributed by atoms with Gasteiger partial charge in [-0.15, -0.1) is 0 Å². The lowest BCUT2D eigenvalue weighted by Gasteiger charge is -2.10. The van der Waals surface area contributed by atoms with E-state index in [4.69, 9.17) is 32.4 Å². The van der Waals surface area contributed by atoms with Gasteiger partial charge in [0.2, 0.25) is 11.2 Å². The maximum atomic E-state index is 12.5. The van der Waals surface area contributed by atoms with Crippen molar-refractivity contribution in [3.63, 3.8) is 0 Å². The largest absolute Gasteiger partial charge is 0.508 e. The van der Waals surface area contributed by atoms with Crippen LogP contribution in [0.15, 0.2) is 45.6 Å². The van der Waals surface area contributed by atoms with Gasteiger partial charge in [-0.1, -0.05) is 23.2 Å². The minimum atomic E-state index is -0.343. The molecule has 0 amide bonds. The predicted molar refractivity (Wildman–Crippen MR) is 85.4 cm³/mol. The van der Waals surface area contributed by atoms with Crippen LogP contribution in [0.25, 0.3) is 11.0 Å². The summed E-state index contributed by atoms with van der Waals surface area (Å²) in [7, 11) is 0. The summed E-state index contributed by atoms with van der Waals surface area (Å²) in [6.07, 6.45) is 0. The molecule has 22 heavy (non-hydrogen) atoms. The van der Waals surface area contributed by atoms with Gasteiger partial charge in [-0.2, -0.15) is 0 Å². The van der Waals surface area contributed by atoms with Gasteiger partial charge < -0.3 is 14.3 Å². The van der Waals surface area contributed by atoms with Crippen LogP contribution in [0.2, 0.25) is 10.0 Å². The van der Waals surface area contributed by atoms with Crippen molar-refractivity contribution in [2.45, 2.75) is 6.92 Å². The van der Waals surface area contributed by atoms with Gasteiger partial charge in [0.05, 0.1) is 10.4 Å². The van der Waals surface area contributed by atoms with Gasteiger partial charge in [-0.05, 0) is 37.3 Å². The second kappa shape index (κ2) is 5.55. The molecule has 1 heterocycles. The predicted octanol–water partition coefficient (Wildman–Crippen LogP) is 4.91. The number of phenolic OH excluding ortho intramolecular Hbond substituents is 1. The molecule has 112 valence electrons. The van der Waals surface area contributed by atoms with E-state index in [-0.39, 0.29) is 33.3 Å². The van der Waals surface area contributed by atoms with Crippen LogP contribution in [-0.4, -0.2) is 5.11 Å². The first kappa shape index (κ1) is 14.8. The maximum Gasteiger partial charge on any atom is 0.235 e. The highest BCUT2D eigenvalue weighted by molar-refractivity contribution is 6.35. The minimum absolute atomic E-state index is 0.0180. The van der Waals surface area contributed by atoms with Crippen LogP contribution < -0.4 is 10.2 Å². The summed E-state index contributed by atoms with van der Waals surface area (Å²) in [5.74, 6) is 0.653. The highest BCUT2D eigenvalue weighted by atomic mass is 35.5. The Balaban J connectivity index is 2.15. The van der Waals surface area contributed by atoms with Crippen LogP contribution in [0.3, 0.4) is 0 Å². The molecule has 1 aromatic heterocycles. The van der Waals surface area contributed by atoms with Crippen LogP contribution in [-0.2, 0) is 0 Å². The highest BCUT2D eigenvalue weighted by Crippen LogP contribution is 2.32. The summed E-state index contributed by atoms with van der Waals surface area (Å²) in [6.45, 7) is 1.60. The van der Waals surface area contributed by atoms with Crippen molar-refractivity contribution in [3.8, 4) is 17.2 Å². The molecule has 3 rings (SSSR count). The first-order chi connectivity index (χ1) is 10.5. The van der Waals surface area contributed by atoms with Gasteiger partial charge in [0, 0.05) is 11.1 Å². The number of ether oxygens (including phenoxy) is 1. The zero-order valence-electron chi connectivity index (χ0n) is 11.4. The molecule has 0 spiro atoms. The molecule has 0 fully saturated rings. The molecular formula is C16H10Cl2O4. The average molecular weight is 337 g/mol. The second-order valence-corrected chi connectivity index (χ2v) is 5.52. The van der Waals surface area contributed by atoms with Crippen molar-refractivity contribution in [1.82, 2.24) is 0 Å². The second-order valence-electron chi connectivity index (χ2n) is 4.67. The summed E-state index contributed by atoms with van der Waals surface area (Å²) < 4.78 is 11.1. The standard InChI is InChI=1S/C16H10Cl2O4/c1-8-16(22-13-5-2-9(17)6-12(13)18)15(20)11-4-3-10(19)7-14(11)21-8/h2-7,19H,1H3. The fourth-order valence-electron chi connectivity index (χ4n) is 2.06. The minimum Gasteiger partial charge on any atom is -0.508 e. The number of aromatic hydroxyl groups is 1. The molecule has 0 unspecified atom stereocenters. The Morgan fingerprint density at radius 2 is 1.91 bits per heavy atom. The van der Waals surface area contributed by atoms with Crippen molar-refractivity contribution in [2.75, 3.05) is 0 Å². The summed E-state index contributed by atoms with van der Waals surface area (Å²) >= 11 is 11.9.